The average Bonchev–Trinajstić information content (AvgIpc) is 2.47. The van der Waals surface area contributed by atoms with E-state index in [1.807, 2.05) is 0 Å². The summed E-state index contributed by atoms with van der Waals surface area (Å²) >= 11 is 0. The van der Waals surface area contributed by atoms with Gasteiger partial charge in [-0.25, -0.2) is 9.36 Å². The average molecular weight is 418 g/mol. The molecule has 4 N–H and O–H groups in total. The first-order valence-electron chi connectivity index (χ1n) is 7.60. The first-order chi connectivity index (χ1) is 11.8. The van der Waals surface area contributed by atoms with Crippen LogP contribution in [0.3, 0.4) is 0 Å². The summed E-state index contributed by atoms with van der Waals surface area (Å²) in [6.45, 7) is 4.78. The summed E-state index contributed by atoms with van der Waals surface area (Å²) in [4.78, 5) is 57.7. The molecule has 0 spiro atoms. The molecule has 0 bridgehead atoms. The van der Waals surface area contributed by atoms with Crippen molar-refractivity contribution in [2.75, 3.05) is 13.2 Å². The van der Waals surface area contributed by atoms with Gasteiger partial charge in [0.15, 0.2) is 5.85 Å². The lowest BCUT2D eigenvalue weighted by Crippen LogP contribution is -2.13. The van der Waals surface area contributed by atoms with Gasteiger partial charge in [0.05, 0.1) is 13.0 Å². The summed E-state index contributed by atoms with van der Waals surface area (Å²) in [7, 11) is -9.84. The molecule has 0 amide bonds. The van der Waals surface area contributed by atoms with Crippen LogP contribution in [0.1, 0.15) is 39.0 Å². The number of hydrogen-bond acceptors (Lipinski definition) is 7. The Morgan fingerprint density at radius 1 is 1.00 bits per heavy atom. The highest BCUT2D eigenvalue weighted by molar-refractivity contribution is 7.53. The molecule has 11 nitrogen and oxygen atoms in total. The van der Waals surface area contributed by atoms with Gasteiger partial charge in [0.25, 0.3) is 0 Å². The van der Waals surface area contributed by atoms with E-state index in [4.69, 9.17) is 29.0 Å². The molecule has 26 heavy (non-hydrogen) atoms. The Balaban J connectivity index is 3.92. The quantitative estimate of drug-likeness (QED) is 0.146. The van der Waals surface area contributed by atoms with E-state index in [9.17, 15) is 18.7 Å². The fourth-order valence-electron chi connectivity index (χ4n) is 1.65. The molecule has 0 aliphatic carbocycles. The van der Waals surface area contributed by atoms with Gasteiger partial charge < -0.3 is 29.0 Å². The normalized spacial score (nSPS) is 13.1. The molecule has 1 atom stereocenters. The topological polar surface area (TPSA) is 177 Å². The lowest BCUT2D eigenvalue weighted by Gasteiger charge is -2.19. The van der Waals surface area contributed by atoms with Crippen LogP contribution in [-0.4, -0.2) is 50.6 Å². The van der Waals surface area contributed by atoms with Crippen molar-refractivity contribution in [2.45, 2.75) is 44.9 Å². The molecule has 0 heterocycles. The molecular weight excluding hydrogens is 394 g/mol. The Kier molecular flexibility index (Phi) is 11.1. The third kappa shape index (κ3) is 13.2. The number of carbonyl (C=O) groups excluding carboxylic acids is 2. The SMILES string of the molecule is C=C(C)C(=O)OCCC(=O)OCCCCCC(OP(=O)(O)O)P(=O)(O)O. The molecule has 0 aromatic rings. The smallest absolute Gasteiger partial charge is 0.466 e. The zero-order valence-electron chi connectivity index (χ0n) is 14.3. The predicted molar refractivity (Wildman–Crippen MR) is 88.8 cm³/mol. The molecule has 0 saturated carbocycles. The van der Waals surface area contributed by atoms with Crippen LogP contribution in [0.4, 0.5) is 0 Å². The minimum Gasteiger partial charge on any atom is -0.466 e. The van der Waals surface area contributed by atoms with E-state index in [1.165, 1.54) is 6.92 Å². The molecule has 152 valence electrons. The van der Waals surface area contributed by atoms with Gasteiger partial charge in [-0.1, -0.05) is 13.0 Å². The van der Waals surface area contributed by atoms with E-state index < -0.39 is 33.2 Å². The van der Waals surface area contributed by atoms with Gasteiger partial charge >= 0.3 is 27.4 Å². The third-order valence-corrected chi connectivity index (χ3v) is 4.69. The lowest BCUT2D eigenvalue weighted by atomic mass is 10.2. The number of rotatable bonds is 13. The van der Waals surface area contributed by atoms with Crippen molar-refractivity contribution < 1.29 is 52.3 Å². The van der Waals surface area contributed by atoms with Crippen molar-refractivity contribution in [3.63, 3.8) is 0 Å². The summed E-state index contributed by atoms with van der Waals surface area (Å²) in [5, 5.41) is 0. The maximum atomic E-state index is 11.4. The van der Waals surface area contributed by atoms with E-state index in [1.54, 1.807) is 0 Å². The van der Waals surface area contributed by atoms with Crippen LogP contribution in [0.2, 0.25) is 0 Å². The Labute approximate surface area is 150 Å². The number of carbonyl (C=O) groups is 2. The number of hydrogen-bond donors (Lipinski definition) is 4. The van der Waals surface area contributed by atoms with Crippen LogP contribution >= 0.6 is 15.4 Å². The second-order valence-electron chi connectivity index (χ2n) is 5.38. The summed E-state index contributed by atoms with van der Waals surface area (Å²) in [5.41, 5.74) is 0.217. The van der Waals surface area contributed by atoms with Gasteiger partial charge in [0, 0.05) is 5.57 Å². The van der Waals surface area contributed by atoms with Gasteiger partial charge in [0.2, 0.25) is 0 Å². The molecule has 0 aliphatic heterocycles. The van der Waals surface area contributed by atoms with Gasteiger partial charge in [-0.2, -0.15) is 0 Å². The number of unbranched alkanes of at least 4 members (excludes halogenated alkanes) is 2. The Hall–Kier alpha value is -1.06. The number of ether oxygens (including phenoxy) is 2. The van der Waals surface area contributed by atoms with Gasteiger partial charge in [-0.05, 0) is 26.2 Å². The zero-order valence-corrected chi connectivity index (χ0v) is 16.1. The first-order valence-corrected chi connectivity index (χ1v) is 10.8. The van der Waals surface area contributed by atoms with Crippen molar-refractivity contribution in [1.29, 1.82) is 0 Å². The minimum absolute atomic E-state index is 0.0488. The van der Waals surface area contributed by atoms with Gasteiger partial charge in [-0.15, -0.1) is 0 Å². The van der Waals surface area contributed by atoms with E-state index in [0.717, 1.165) is 0 Å². The molecule has 0 aromatic heterocycles. The number of phosphoric acid groups is 1. The van der Waals surface area contributed by atoms with Crippen LogP contribution in [0.25, 0.3) is 0 Å². The van der Waals surface area contributed by atoms with Crippen molar-refractivity contribution in [3.05, 3.63) is 12.2 Å². The van der Waals surface area contributed by atoms with Crippen LogP contribution in [0.15, 0.2) is 12.2 Å². The van der Waals surface area contributed by atoms with Gasteiger partial charge in [0.1, 0.15) is 6.61 Å². The van der Waals surface area contributed by atoms with E-state index in [2.05, 4.69) is 11.1 Å². The summed E-state index contributed by atoms with van der Waals surface area (Å²) in [6, 6.07) is 0. The van der Waals surface area contributed by atoms with Crippen LogP contribution in [0.5, 0.6) is 0 Å². The largest absolute Gasteiger partial charge is 0.470 e. The number of phosphoric ester groups is 1. The van der Waals surface area contributed by atoms with Crippen LogP contribution in [0, 0.1) is 0 Å². The molecule has 0 rings (SSSR count). The summed E-state index contributed by atoms with van der Waals surface area (Å²) in [6.07, 6.45) is 0.583. The Morgan fingerprint density at radius 2 is 1.62 bits per heavy atom. The van der Waals surface area contributed by atoms with Crippen molar-refractivity contribution >= 4 is 27.4 Å². The fourth-order valence-corrected chi connectivity index (χ4v) is 3.45. The highest BCUT2D eigenvalue weighted by Gasteiger charge is 2.35. The first kappa shape index (κ1) is 24.9. The molecule has 0 fully saturated rings. The summed E-state index contributed by atoms with van der Waals surface area (Å²) < 4.78 is 35.5. The van der Waals surface area contributed by atoms with Crippen molar-refractivity contribution in [3.8, 4) is 0 Å². The Bertz CT molecular complexity index is 577. The van der Waals surface area contributed by atoms with Crippen molar-refractivity contribution in [1.82, 2.24) is 0 Å². The molecule has 0 radical (unpaired) electrons. The van der Waals surface area contributed by atoms with E-state index in [0.29, 0.717) is 12.8 Å². The zero-order chi connectivity index (χ0) is 20.4. The minimum atomic E-state index is -5.02. The van der Waals surface area contributed by atoms with Crippen molar-refractivity contribution in [2.24, 2.45) is 0 Å². The third-order valence-electron chi connectivity index (χ3n) is 2.88. The summed E-state index contributed by atoms with van der Waals surface area (Å²) in [5.74, 6) is -3.07. The molecule has 0 aromatic carbocycles. The number of esters is 2. The molecule has 13 heteroatoms. The monoisotopic (exact) mass is 418 g/mol. The predicted octanol–water partition coefficient (Wildman–Crippen LogP) is 1.21. The van der Waals surface area contributed by atoms with E-state index >= 15 is 0 Å². The van der Waals surface area contributed by atoms with Crippen LogP contribution in [-0.2, 0) is 32.7 Å². The highest BCUT2D eigenvalue weighted by atomic mass is 31.2. The molecule has 0 aliphatic rings. The molecular formula is C13H24O11P2. The second-order valence-corrected chi connectivity index (χ2v) is 8.32. The lowest BCUT2D eigenvalue weighted by molar-refractivity contribution is -0.147. The second kappa shape index (κ2) is 11.6. The fraction of sp³-hybridized carbons (Fsp3) is 0.692. The van der Waals surface area contributed by atoms with Gasteiger partial charge in [-0.3, -0.25) is 13.9 Å². The highest BCUT2D eigenvalue weighted by Crippen LogP contribution is 2.52. The molecule has 0 saturated heterocycles. The van der Waals surface area contributed by atoms with Crippen LogP contribution < -0.4 is 0 Å². The molecule has 1 unspecified atom stereocenters. The standard InChI is InChI=1S/C13H24O11P2/c1-10(2)13(15)23-9-7-11(14)22-8-5-3-4-6-12(25(16,17)18)24-26(19,20)21/h12H,1,3-9H2,2H3,(H2,16,17,18)(H2,19,20,21). The van der Waals surface area contributed by atoms with E-state index in [-0.39, 0.29) is 38.0 Å². The maximum absolute atomic E-state index is 11.4. The Morgan fingerprint density at radius 3 is 2.12 bits per heavy atom. The maximum Gasteiger partial charge on any atom is 0.470 e.